The van der Waals surface area contributed by atoms with Crippen molar-refractivity contribution >= 4 is 11.9 Å². The Labute approximate surface area is 196 Å². The van der Waals surface area contributed by atoms with Gasteiger partial charge in [0.05, 0.1) is 23.3 Å². The number of hydrogen-bond acceptors (Lipinski definition) is 4. The molecular formula is C26H36N4O3. The van der Waals surface area contributed by atoms with Gasteiger partial charge < -0.3 is 20.3 Å². The second kappa shape index (κ2) is 10.1. The van der Waals surface area contributed by atoms with E-state index in [9.17, 15) is 14.7 Å². The zero-order valence-electron chi connectivity index (χ0n) is 19.7. The number of imidazole rings is 1. The van der Waals surface area contributed by atoms with Gasteiger partial charge in [-0.3, -0.25) is 4.79 Å². The molecular weight excluding hydrogens is 416 g/mol. The normalized spacial score (nSPS) is 20.8. The molecule has 7 heteroatoms. The maximum Gasteiger partial charge on any atom is 0.335 e. The Balaban J connectivity index is 1.67. The first-order valence-corrected chi connectivity index (χ1v) is 12.4. The zero-order valence-corrected chi connectivity index (χ0v) is 19.7. The predicted octanol–water partition coefficient (Wildman–Crippen LogP) is 4.48. The molecule has 3 N–H and O–H groups in total. The van der Waals surface area contributed by atoms with Gasteiger partial charge in [-0.15, -0.1) is 0 Å². The van der Waals surface area contributed by atoms with Crippen molar-refractivity contribution in [1.29, 1.82) is 0 Å². The smallest absolute Gasteiger partial charge is 0.335 e. The number of rotatable bonds is 7. The van der Waals surface area contributed by atoms with E-state index in [1.54, 1.807) is 18.2 Å². The molecule has 1 aromatic heterocycles. The van der Waals surface area contributed by atoms with E-state index in [0.717, 1.165) is 29.9 Å². The van der Waals surface area contributed by atoms with Crippen molar-refractivity contribution in [2.24, 2.45) is 17.6 Å². The number of benzene rings is 1. The Morgan fingerprint density at radius 2 is 1.97 bits per heavy atom. The molecule has 1 fully saturated rings. The topological polar surface area (TPSA) is 101 Å². The molecule has 178 valence electrons. The lowest BCUT2D eigenvalue weighted by molar-refractivity contribution is -0.138. The fourth-order valence-electron chi connectivity index (χ4n) is 5.26. The molecule has 0 saturated heterocycles. The van der Waals surface area contributed by atoms with Gasteiger partial charge in [-0.2, -0.15) is 0 Å². The average Bonchev–Trinajstić information content (AvgIpc) is 3.28. The van der Waals surface area contributed by atoms with Crippen LogP contribution in [0.25, 0.3) is 11.3 Å². The van der Waals surface area contributed by atoms with Gasteiger partial charge in [0, 0.05) is 24.8 Å². The van der Waals surface area contributed by atoms with Gasteiger partial charge in [0.2, 0.25) is 5.91 Å². The number of amides is 1. The van der Waals surface area contributed by atoms with Crippen LogP contribution >= 0.6 is 0 Å². The first-order valence-electron chi connectivity index (χ1n) is 12.4. The summed E-state index contributed by atoms with van der Waals surface area (Å²) in [4.78, 5) is 31.8. The average molecular weight is 453 g/mol. The van der Waals surface area contributed by atoms with Crippen molar-refractivity contribution in [1.82, 2.24) is 14.5 Å². The van der Waals surface area contributed by atoms with Crippen molar-refractivity contribution in [3.05, 3.63) is 41.9 Å². The second-order valence-electron chi connectivity index (χ2n) is 9.76. The van der Waals surface area contributed by atoms with E-state index in [-0.39, 0.29) is 23.4 Å². The molecule has 2 aromatic rings. The van der Waals surface area contributed by atoms with Gasteiger partial charge >= 0.3 is 5.97 Å². The third-order valence-corrected chi connectivity index (χ3v) is 7.58. The second-order valence-corrected chi connectivity index (χ2v) is 9.76. The summed E-state index contributed by atoms with van der Waals surface area (Å²) in [6, 6.07) is 6.29. The van der Waals surface area contributed by atoms with Crippen LogP contribution in [-0.2, 0) is 11.3 Å². The maximum atomic E-state index is 13.5. The van der Waals surface area contributed by atoms with E-state index >= 15 is 0 Å². The van der Waals surface area contributed by atoms with E-state index in [4.69, 9.17) is 10.7 Å². The molecule has 33 heavy (non-hydrogen) atoms. The fourth-order valence-corrected chi connectivity index (χ4v) is 5.26. The van der Waals surface area contributed by atoms with Gasteiger partial charge in [-0.05, 0) is 30.4 Å². The van der Waals surface area contributed by atoms with Crippen LogP contribution in [0, 0.1) is 11.8 Å². The number of hydrogen-bond donors (Lipinski definition) is 2. The van der Waals surface area contributed by atoms with E-state index < -0.39 is 12.0 Å². The van der Waals surface area contributed by atoms with Crippen LogP contribution in [-0.4, -0.2) is 44.0 Å². The van der Waals surface area contributed by atoms with Crippen LogP contribution in [0.2, 0.25) is 0 Å². The van der Waals surface area contributed by atoms with E-state index in [2.05, 4.69) is 11.5 Å². The molecule has 1 aromatic carbocycles. The van der Waals surface area contributed by atoms with Crippen LogP contribution in [0.3, 0.4) is 0 Å². The number of aromatic nitrogens is 2. The minimum atomic E-state index is -0.952. The standard InChI is InChI=1S/C26H36N4O3/c1-3-17(2)23(27)25(31)30-13-12-29-16-21(19-10-7-11-20(15-19)26(32)33)28-24(29)22(30)14-18-8-5-4-6-9-18/h7,10-11,15-18,22-23H,3-6,8-9,12-14,27H2,1-2H3,(H,32,33)/t17-,22-,23-/m0/s1. The Morgan fingerprint density at radius 1 is 1.21 bits per heavy atom. The summed E-state index contributed by atoms with van der Waals surface area (Å²) in [5, 5.41) is 9.37. The summed E-state index contributed by atoms with van der Waals surface area (Å²) in [5.74, 6) is 0.678. The highest BCUT2D eigenvalue weighted by Crippen LogP contribution is 2.38. The van der Waals surface area contributed by atoms with Crippen LogP contribution in [0.15, 0.2) is 30.5 Å². The zero-order chi connectivity index (χ0) is 23.5. The molecule has 1 saturated carbocycles. The lowest BCUT2D eigenvalue weighted by Crippen LogP contribution is -2.51. The van der Waals surface area contributed by atoms with Gasteiger partial charge in [0.1, 0.15) is 5.82 Å². The molecule has 0 spiro atoms. The largest absolute Gasteiger partial charge is 0.478 e. The molecule has 0 bridgehead atoms. The quantitative estimate of drug-likeness (QED) is 0.645. The molecule has 1 amide bonds. The first kappa shape index (κ1) is 23.5. The SMILES string of the molecule is CC[C@H](C)[C@H](N)C(=O)N1CCn2cc(-c3cccc(C(=O)O)c3)nc2[C@@H]1CC1CCCCC1. The highest BCUT2D eigenvalue weighted by atomic mass is 16.4. The molecule has 4 rings (SSSR count). The van der Waals surface area contributed by atoms with Crippen LogP contribution in [0.1, 0.15) is 81.0 Å². The number of carboxylic acids is 1. The van der Waals surface area contributed by atoms with Crippen molar-refractivity contribution in [3.63, 3.8) is 0 Å². The van der Waals surface area contributed by atoms with Crippen molar-refractivity contribution < 1.29 is 14.7 Å². The lowest BCUT2D eigenvalue weighted by atomic mass is 9.83. The van der Waals surface area contributed by atoms with Crippen molar-refractivity contribution in [3.8, 4) is 11.3 Å². The third-order valence-electron chi connectivity index (χ3n) is 7.58. The molecule has 3 atom stereocenters. The van der Waals surface area contributed by atoms with Crippen molar-refractivity contribution in [2.45, 2.75) is 77.4 Å². The Kier molecular flexibility index (Phi) is 7.17. The minimum absolute atomic E-state index is 0.0221. The summed E-state index contributed by atoms with van der Waals surface area (Å²) < 4.78 is 2.15. The number of carbonyl (C=O) groups is 2. The molecule has 7 nitrogen and oxygen atoms in total. The molecule has 0 radical (unpaired) electrons. The van der Waals surface area contributed by atoms with Gasteiger partial charge in [0.15, 0.2) is 0 Å². The molecule has 1 aliphatic carbocycles. The number of carboxylic acid groups (broad SMARTS) is 1. The van der Waals surface area contributed by atoms with Crippen molar-refractivity contribution in [2.75, 3.05) is 6.54 Å². The Morgan fingerprint density at radius 3 is 2.67 bits per heavy atom. The summed E-state index contributed by atoms with van der Waals surface area (Å²) >= 11 is 0. The Hall–Kier alpha value is -2.67. The van der Waals surface area contributed by atoms with Crippen LogP contribution in [0.5, 0.6) is 0 Å². The summed E-state index contributed by atoms with van der Waals surface area (Å²) in [7, 11) is 0. The highest BCUT2D eigenvalue weighted by molar-refractivity contribution is 5.89. The predicted molar refractivity (Wildman–Crippen MR) is 128 cm³/mol. The number of fused-ring (bicyclic) bond motifs is 1. The summed E-state index contributed by atoms with van der Waals surface area (Å²) in [6.07, 6.45) is 9.96. The van der Waals surface area contributed by atoms with Crippen LogP contribution in [0.4, 0.5) is 0 Å². The summed E-state index contributed by atoms with van der Waals surface area (Å²) in [6.45, 7) is 5.40. The monoisotopic (exact) mass is 452 g/mol. The molecule has 2 aliphatic rings. The Bertz CT molecular complexity index is 995. The van der Waals surface area contributed by atoms with E-state index in [1.165, 1.54) is 32.1 Å². The van der Waals surface area contributed by atoms with E-state index in [1.807, 2.05) is 24.1 Å². The van der Waals surface area contributed by atoms with Gasteiger partial charge in [-0.1, -0.05) is 64.5 Å². The number of aromatic carboxylic acids is 1. The summed E-state index contributed by atoms with van der Waals surface area (Å²) in [5.41, 5.74) is 8.16. The lowest BCUT2D eigenvalue weighted by Gasteiger charge is -2.40. The van der Waals surface area contributed by atoms with Gasteiger partial charge in [0.25, 0.3) is 0 Å². The third kappa shape index (κ3) is 4.98. The highest BCUT2D eigenvalue weighted by Gasteiger charge is 2.37. The first-order chi connectivity index (χ1) is 15.9. The van der Waals surface area contributed by atoms with E-state index in [0.29, 0.717) is 19.0 Å². The van der Waals surface area contributed by atoms with Gasteiger partial charge in [-0.25, -0.2) is 9.78 Å². The molecule has 0 unspecified atom stereocenters. The van der Waals surface area contributed by atoms with Crippen LogP contribution < -0.4 is 5.73 Å². The molecule has 2 heterocycles. The molecule has 1 aliphatic heterocycles. The fraction of sp³-hybridized carbons (Fsp3) is 0.577. The number of nitrogens with zero attached hydrogens (tertiary/aromatic N) is 3. The maximum absolute atomic E-state index is 13.5. The number of carbonyl (C=O) groups excluding carboxylic acids is 1. The minimum Gasteiger partial charge on any atom is -0.478 e. The number of nitrogens with two attached hydrogens (primary N) is 1.